The van der Waals surface area contributed by atoms with Gasteiger partial charge < -0.3 is 0 Å². The van der Waals surface area contributed by atoms with Crippen molar-refractivity contribution in [2.75, 3.05) is 5.75 Å². The number of carbonyl (C=O) groups is 1. The Balaban J connectivity index is 3.10. The Bertz CT molecular complexity index is 145. The number of rotatable bonds is 10. The van der Waals surface area contributed by atoms with Crippen molar-refractivity contribution in [1.82, 2.24) is 0 Å². The lowest BCUT2D eigenvalue weighted by Gasteiger charge is -2.00. The molecule has 0 aliphatic heterocycles. The van der Waals surface area contributed by atoms with Gasteiger partial charge >= 0.3 is 0 Å². The summed E-state index contributed by atoms with van der Waals surface area (Å²) in [6, 6.07) is 0. The summed E-state index contributed by atoms with van der Waals surface area (Å²) in [7, 11) is 0. The van der Waals surface area contributed by atoms with E-state index in [4.69, 9.17) is 0 Å². The molecule has 0 N–H and O–H groups in total. The fourth-order valence-electron chi connectivity index (χ4n) is 1.45. The average molecular weight is 230 g/mol. The van der Waals surface area contributed by atoms with Crippen molar-refractivity contribution >= 4 is 16.9 Å². The van der Waals surface area contributed by atoms with E-state index in [1.54, 1.807) is 0 Å². The highest BCUT2D eigenvalue weighted by Crippen LogP contribution is 2.13. The van der Waals surface area contributed by atoms with Crippen molar-refractivity contribution in [3.05, 3.63) is 0 Å². The first-order valence-corrected chi connectivity index (χ1v) is 7.45. The van der Waals surface area contributed by atoms with E-state index in [1.807, 2.05) is 0 Å². The Morgan fingerprint density at radius 1 is 0.867 bits per heavy atom. The summed E-state index contributed by atoms with van der Waals surface area (Å²) in [4.78, 5) is 11.4. The zero-order chi connectivity index (χ0) is 11.4. The van der Waals surface area contributed by atoms with Crippen LogP contribution in [0.3, 0.4) is 0 Å². The van der Waals surface area contributed by atoms with Crippen LogP contribution < -0.4 is 0 Å². The van der Waals surface area contributed by atoms with Crippen LogP contribution in [0.25, 0.3) is 0 Å². The van der Waals surface area contributed by atoms with E-state index in [1.165, 1.54) is 56.7 Å². The Morgan fingerprint density at radius 2 is 1.47 bits per heavy atom. The molecule has 1 nitrogen and oxygen atoms in total. The molecule has 0 radical (unpaired) electrons. The first-order valence-electron chi connectivity index (χ1n) is 6.46. The Morgan fingerprint density at radius 3 is 2.13 bits per heavy atom. The molecule has 0 aliphatic carbocycles. The maximum atomic E-state index is 11.4. The fourth-order valence-corrected chi connectivity index (χ4v) is 2.40. The van der Waals surface area contributed by atoms with Crippen LogP contribution in [0.5, 0.6) is 0 Å². The van der Waals surface area contributed by atoms with Crippen molar-refractivity contribution in [1.29, 1.82) is 0 Å². The molecule has 15 heavy (non-hydrogen) atoms. The van der Waals surface area contributed by atoms with Crippen molar-refractivity contribution < 1.29 is 4.79 Å². The zero-order valence-electron chi connectivity index (χ0n) is 10.4. The molecular weight excluding hydrogens is 204 g/mol. The van der Waals surface area contributed by atoms with Gasteiger partial charge in [0.2, 0.25) is 0 Å². The molecule has 0 saturated heterocycles. The van der Waals surface area contributed by atoms with Gasteiger partial charge in [-0.15, -0.1) is 0 Å². The SMILES string of the molecule is CCCCCCCCC(=O)SCCCC. The summed E-state index contributed by atoms with van der Waals surface area (Å²) in [6.07, 6.45) is 10.8. The Hall–Kier alpha value is 0.0200. The molecule has 0 fully saturated rings. The first-order chi connectivity index (χ1) is 7.31. The molecule has 2 heteroatoms. The van der Waals surface area contributed by atoms with Crippen molar-refractivity contribution in [2.24, 2.45) is 0 Å². The molecule has 0 unspecified atom stereocenters. The summed E-state index contributed by atoms with van der Waals surface area (Å²) in [5.41, 5.74) is 0. The number of carbonyl (C=O) groups excluding carboxylic acids is 1. The molecule has 90 valence electrons. The van der Waals surface area contributed by atoms with Crippen LogP contribution in [0.15, 0.2) is 0 Å². The van der Waals surface area contributed by atoms with Crippen LogP contribution in [0, 0.1) is 0 Å². The topological polar surface area (TPSA) is 17.1 Å². The molecule has 0 amide bonds. The molecule has 0 rings (SSSR count). The Labute approximate surface area is 99.4 Å². The predicted molar refractivity (Wildman–Crippen MR) is 70.4 cm³/mol. The van der Waals surface area contributed by atoms with E-state index in [2.05, 4.69) is 13.8 Å². The molecule has 0 spiro atoms. The molecule has 0 aromatic carbocycles. The smallest absolute Gasteiger partial charge is 0.188 e. The van der Waals surface area contributed by atoms with Crippen LogP contribution in [-0.4, -0.2) is 10.9 Å². The highest BCUT2D eigenvalue weighted by atomic mass is 32.2. The van der Waals surface area contributed by atoms with E-state index in [9.17, 15) is 4.79 Å². The highest BCUT2D eigenvalue weighted by molar-refractivity contribution is 8.13. The average Bonchev–Trinajstić information content (AvgIpc) is 2.23. The molecule has 0 heterocycles. The summed E-state index contributed by atoms with van der Waals surface area (Å²) in [6.45, 7) is 4.40. The van der Waals surface area contributed by atoms with Crippen LogP contribution in [-0.2, 0) is 4.79 Å². The van der Waals surface area contributed by atoms with Gasteiger partial charge in [-0.05, 0) is 12.8 Å². The Kier molecular flexibility index (Phi) is 12.1. The lowest BCUT2D eigenvalue weighted by Crippen LogP contribution is -1.93. The molecule has 0 aromatic heterocycles. The lowest BCUT2D eigenvalue weighted by molar-refractivity contribution is -0.111. The first kappa shape index (κ1) is 15.0. The van der Waals surface area contributed by atoms with Crippen LogP contribution >= 0.6 is 11.8 Å². The second-order valence-electron chi connectivity index (χ2n) is 4.09. The van der Waals surface area contributed by atoms with Crippen molar-refractivity contribution in [3.63, 3.8) is 0 Å². The van der Waals surface area contributed by atoms with Gasteiger partial charge in [-0.2, -0.15) is 0 Å². The minimum Gasteiger partial charge on any atom is -0.287 e. The minimum absolute atomic E-state index is 0.402. The number of hydrogen-bond acceptors (Lipinski definition) is 2. The summed E-state index contributed by atoms with van der Waals surface area (Å²) < 4.78 is 0. The maximum Gasteiger partial charge on any atom is 0.188 e. The van der Waals surface area contributed by atoms with E-state index < -0.39 is 0 Å². The van der Waals surface area contributed by atoms with E-state index in [0.29, 0.717) is 5.12 Å². The third-order valence-corrected chi connectivity index (χ3v) is 3.51. The molecule has 0 atom stereocenters. The van der Waals surface area contributed by atoms with E-state index in [0.717, 1.165) is 18.6 Å². The molecule has 0 aliphatic rings. The van der Waals surface area contributed by atoms with Crippen molar-refractivity contribution in [2.45, 2.75) is 71.6 Å². The second kappa shape index (κ2) is 12.1. The standard InChI is InChI=1S/C13H26OS/c1-3-5-7-8-9-10-11-13(14)15-12-6-4-2/h3-12H2,1-2H3. The van der Waals surface area contributed by atoms with Gasteiger partial charge in [0.25, 0.3) is 0 Å². The van der Waals surface area contributed by atoms with Gasteiger partial charge in [0.15, 0.2) is 5.12 Å². The number of thioether (sulfide) groups is 1. The monoisotopic (exact) mass is 230 g/mol. The van der Waals surface area contributed by atoms with Crippen LogP contribution in [0.2, 0.25) is 0 Å². The van der Waals surface area contributed by atoms with Crippen LogP contribution in [0.1, 0.15) is 71.6 Å². The van der Waals surface area contributed by atoms with Gasteiger partial charge in [0, 0.05) is 12.2 Å². The number of hydrogen-bond donors (Lipinski definition) is 0. The molecule has 0 aromatic rings. The molecule has 0 bridgehead atoms. The third kappa shape index (κ3) is 11.9. The summed E-state index contributed by atoms with van der Waals surface area (Å²) in [5.74, 6) is 1.02. The van der Waals surface area contributed by atoms with E-state index in [-0.39, 0.29) is 0 Å². The molecular formula is C13H26OS. The lowest BCUT2D eigenvalue weighted by atomic mass is 10.1. The highest BCUT2D eigenvalue weighted by Gasteiger charge is 2.01. The maximum absolute atomic E-state index is 11.4. The van der Waals surface area contributed by atoms with Crippen LogP contribution in [0.4, 0.5) is 0 Å². The second-order valence-corrected chi connectivity index (χ2v) is 5.24. The fraction of sp³-hybridized carbons (Fsp3) is 0.923. The minimum atomic E-state index is 0.402. The summed E-state index contributed by atoms with van der Waals surface area (Å²) in [5, 5.41) is 0.402. The number of unbranched alkanes of at least 4 members (excludes halogenated alkanes) is 6. The molecule has 0 saturated carbocycles. The zero-order valence-corrected chi connectivity index (χ0v) is 11.2. The quantitative estimate of drug-likeness (QED) is 0.502. The van der Waals surface area contributed by atoms with Gasteiger partial charge in [-0.1, -0.05) is 64.1 Å². The van der Waals surface area contributed by atoms with E-state index >= 15 is 0 Å². The van der Waals surface area contributed by atoms with Gasteiger partial charge in [-0.3, -0.25) is 4.79 Å². The van der Waals surface area contributed by atoms with Gasteiger partial charge in [0.05, 0.1) is 0 Å². The largest absolute Gasteiger partial charge is 0.287 e. The predicted octanol–water partition coefficient (Wildman–Crippen LogP) is 4.80. The normalized spacial score (nSPS) is 10.5. The van der Waals surface area contributed by atoms with Gasteiger partial charge in [0.1, 0.15) is 0 Å². The summed E-state index contributed by atoms with van der Waals surface area (Å²) >= 11 is 1.53. The third-order valence-electron chi connectivity index (χ3n) is 2.50. The van der Waals surface area contributed by atoms with Gasteiger partial charge in [-0.25, -0.2) is 0 Å². The van der Waals surface area contributed by atoms with Crippen molar-refractivity contribution in [3.8, 4) is 0 Å².